The van der Waals surface area contributed by atoms with Gasteiger partial charge in [0.25, 0.3) is 0 Å². The lowest BCUT2D eigenvalue weighted by Gasteiger charge is -2.36. The molecule has 0 aliphatic heterocycles. The molecule has 0 N–H and O–H groups in total. The Morgan fingerprint density at radius 3 is 2.04 bits per heavy atom. The lowest BCUT2D eigenvalue weighted by molar-refractivity contribution is 0.239. The van der Waals surface area contributed by atoms with Crippen LogP contribution in [-0.4, -0.2) is 0 Å². The zero-order valence-corrected chi connectivity index (χ0v) is 17.7. The molecule has 1 heteroatoms. The summed E-state index contributed by atoms with van der Waals surface area (Å²) in [6.45, 7) is 6.89. The quantitative estimate of drug-likeness (QED) is 0.165. The van der Waals surface area contributed by atoms with Gasteiger partial charge >= 0.3 is 0 Å². The van der Waals surface area contributed by atoms with Crippen LogP contribution in [0.1, 0.15) is 96.8 Å². The number of unbranched alkanes of at least 4 members (excludes halogenated alkanes) is 2. The predicted molar refractivity (Wildman–Crippen MR) is 117 cm³/mol. The zero-order chi connectivity index (χ0) is 19.3. The van der Waals surface area contributed by atoms with Crippen LogP contribution in [0.15, 0.2) is 36.5 Å². The van der Waals surface area contributed by atoms with E-state index in [1.165, 1.54) is 89.5 Å². The van der Waals surface area contributed by atoms with Crippen molar-refractivity contribution in [3.05, 3.63) is 36.5 Å². The van der Waals surface area contributed by atoms with Crippen molar-refractivity contribution in [1.82, 2.24) is 0 Å². The van der Waals surface area contributed by atoms with Gasteiger partial charge < -0.3 is 0 Å². The Kier molecular flexibility index (Phi) is 10.6. The summed E-state index contributed by atoms with van der Waals surface area (Å²) >= 11 is 0. The van der Waals surface area contributed by atoms with Crippen molar-refractivity contribution in [2.24, 2.45) is 23.7 Å². The molecule has 27 heavy (non-hydrogen) atoms. The van der Waals surface area contributed by atoms with Crippen molar-refractivity contribution in [2.75, 3.05) is 0 Å². The third-order valence-corrected chi connectivity index (χ3v) is 7.12. The third-order valence-electron chi connectivity index (χ3n) is 7.12. The van der Waals surface area contributed by atoms with Gasteiger partial charge in [-0.1, -0.05) is 63.0 Å². The number of nitriles is 1. The Morgan fingerprint density at radius 2 is 1.48 bits per heavy atom. The summed E-state index contributed by atoms with van der Waals surface area (Å²) in [5.41, 5.74) is 1.61. The first-order valence-corrected chi connectivity index (χ1v) is 11.6. The minimum absolute atomic E-state index is 0.803. The van der Waals surface area contributed by atoms with Crippen molar-refractivity contribution >= 4 is 0 Å². The third kappa shape index (κ3) is 8.08. The van der Waals surface area contributed by atoms with Crippen molar-refractivity contribution in [3.8, 4) is 6.07 Å². The molecule has 2 fully saturated rings. The molecule has 2 aliphatic rings. The van der Waals surface area contributed by atoms with E-state index in [1.54, 1.807) is 5.57 Å². The Hall–Kier alpha value is -1.29. The smallest absolute Gasteiger partial charge is 0.0912 e. The maximum Gasteiger partial charge on any atom is 0.0912 e. The molecule has 0 unspecified atom stereocenters. The molecule has 0 aromatic carbocycles. The Morgan fingerprint density at radius 1 is 0.889 bits per heavy atom. The SMILES string of the molecule is C=C(C1CCC(CC/C=C/C=C/C#N)CC1)C1CCC(CCCCC)CC1. The average molecular weight is 368 g/mol. The highest BCUT2D eigenvalue weighted by Gasteiger charge is 2.29. The molecule has 0 heterocycles. The lowest BCUT2D eigenvalue weighted by atomic mass is 9.70. The first kappa shape index (κ1) is 22.0. The molecule has 2 rings (SSSR count). The standard InChI is InChI=1S/C26H41N/c1-3-4-8-11-23-13-17-25(18-14-23)22(2)26-19-15-24(16-20-26)12-9-6-5-7-10-21-27/h5-7,10,23-26H,2-4,8-9,11-20H2,1H3/b6-5+,10-7+. The first-order chi connectivity index (χ1) is 13.2. The number of allylic oxidation sites excluding steroid dienone is 5. The van der Waals surface area contributed by atoms with Crippen LogP contribution in [0.4, 0.5) is 0 Å². The van der Waals surface area contributed by atoms with Crippen molar-refractivity contribution in [2.45, 2.75) is 96.8 Å². The molecule has 150 valence electrons. The van der Waals surface area contributed by atoms with E-state index >= 15 is 0 Å². The van der Waals surface area contributed by atoms with Gasteiger partial charge in [0.1, 0.15) is 0 Å². The van der Waals surface area contributed by atoms with Crippen LogP contribution in [0.5, 0.6) is 0 Å². The molecule has 0 aromatic rings. The number of rotatable bonds is 10. The van der Waals surface area contributed by atoms with Crippen LogP contribution >= 0.6 is 0 Å². The second kappa shape index (κ2) is 13.0. The summed E-state index contributed by atoms with van der Waals surface area (Å²) in [4.78, 5) is 0. The highest BCUT2D eigenvalue weighted by molar-refractivity contribution is 5.11. The van der Waals surface area contributed by atoms with Crippen molar-refractivity contribution < 1.29 is 0 Å². The van der Waals surface area contributed by atoms with Gasteiger partial charge in [-0.2, -0.15) is 5.26 Å². The topological polar surface area (TPSA) is 23.8 Å². The van der Waals surface area contributed by atoms with Gasteiger partial charge in [0, 0.05) is 6.08 Å². The molecule has 0 spiro atoms. The van der Waals surface area contributed by atoms with E-state index in [4.69, 9.17) is 5.26 Å². The van der Waals surface area contributed by atoms with E-state index in [-0.39, 0.29) is 0 Å². The molecule has 0 atom stereocenters. The molecule has 0 amide bonds. The monoisotopic (exact) mass is 367 g/mol. The summed E-state index contributed by atoms with van der Waals surface area (Å²) in [5.74, 6) is 3.53. The van der Waals surface area contributed by atoms with Gasteiger partial charge in [0.2, 0.25) is 0 Å². The highest BCUT2D eigenvalue weighted by atomic mass is 14.3. The summed E-state index contributed by atoms with van der Waals surface area (Å²) in [7, 11) is 0. The van der Waals surface area contributed by atoms with E-state index in [0.717, 1.165) is 30.1 Å². The van der Waals surface area contributed by atoms with Crippen LogP contribution in [-0.2, 0) is 0 Å². The number of hydrogen-bond acceptors (Lipinski definition) is 1. The number of nitrogens with zero attached hydrogens (tertiary/aromatic N) is 1. The van der Waals surface area contributed by atoms with Crippen LogP contribution in [0.2, 0.25) is 0 Å². The van der Waals surface area contributed by atoms with Crippen LogP contribution in [0.3, 0.4) is 0 Å². The summed E-state index contributed by atoms with van der Waals surface area (Å²) in [6.07, 6.45) is 27.0. The van der Waals surface area contributed by atoms with Gasteiger partial charge in [0.15, 0.2) is 0 Å². The lowest BCUT2D eigenvalue weighted by Crippen LogP contribution is -2.23. The molecule has 1 nitrogen and oxygen atoms in total. The van der Waals surface area contributed by atoms with Crippen molar-refractivity contribution in [3.63, 3.8) is 0 Å². The largest absolute Gasteiger partial charge is 0.193 e. The van der Waals surface area contributed by atoms with Gasteiger partial charge in [-0.25, -0.2) is 0 Å². The van der Waals surface area contributed by atoms with Gasteiger partial charge in [-0.15, -0.1) is 0 Å². The highest BCUT2D eigenvalue weighted by Crippen LogP contribution is 2.42. The molecule has 2 aliphatic carbocycles. The second-order valence-electron chi connectivity index (χ2n) is 9.00. The van der Waals surface area contributed by atoms with Gasteiger partial charge in [-0.3, -0.25) is 0 Å². The van der Waals surface area contributed by atoms with E-state index in [9.17, 15) is 0 Å². The molecule has 2 saturated carbocycles. The van der Waals surface area contributed by atoms with Gasteiger partial charge in [0.05, 0.1) is 6.07 Å². The van der Waals surface area contributed by atoms with E-state index in [0.29, 0.717) is 0 Å². The fourth-order valence-corrected chi connectivity index (χ4v) is 5.27. The summed E-state index contributed by atoms with van der Waals surface area (Å²) < 4.78 is 0. The fraction of sp³-hybridized carbons (Fsp3) is 0.731. The summed E-state index contributed by atoms with van der Waals surface area (Å²) in [6, 6.07) is 2.02. The van der Waals surface area contributed by atoms with Crippen LogP contribution in [0, 0.1) is 35.0 Å². The van der Waals surface area contributed by atoms with E-state index in [1.807, 2.05) is 18.2 Å². The van der Waals surface area contributed by atoms with E-state index in [2.05, 4.69) is 19.6 Å². The summed E-state index contributed by atoms with van der Waals surface area (Å²) in [5, 5.41) is 8.47. The Labute approximate surface area is 168 Å². The predicted octanol–water partition coefficient (Wildman–Crippen LogP) is 8.15. The molecular weight excluding hydrogens is 326 g/mol. The maximum atomic E-state index is 8.47. The normalized spacial score (nSPS) is 29.2. The van der Waals surface area contributed by atoms with E-state index < -0.39 is 0 Å². The van der Waals surface area contributed by atoms with Crippen molar-refractivity contribution in [1.29, 1.82) is 5.26 Å². The maximum absolute atomic E-state index is 8.47. The van der Waals surface area contributed by atoms with Crippen LogP contribution in [0.25, 0.3) is 0 Å². The zero-order valence-electron chi connectivity index (χ0n) is 17.7. The Bertz CT molecular complexity index is 505. The minimum Gasteiger partial charge on any atom is -0.193 e. The van der Waals surface area contributed by atoms with Gasteiger partial charge in [-0.05, 0) is 87.9 Å². The number of hydrogen-bond donors (Lipinski definition) is 0. The fourth-order valence-electron chi connectivity index (χ4n) is 5.27. The molecule has 0 saturated heterocycles. The second-order valence-corrected chi connectivity index (χ2v) is 9.00. The average Bonchev–Trinajstić information content (AvgIpc) is 2.71. The van der Waals surface area contributed by atoms with Crippen LogP contribution < -0.4 is 0 Å². The molecule has 0 bridgehead atoms. The minimum atomic E-state index is 0.803. The Balaban J connectivity index is 1.62. The molecule has 0 aromatic heterocycles. The molecular formula is C26H41N. The first-order valence-electron chi connectivity index (χ1n) is 11.6. The molecule has 0 radical (unpaired) electrons.